The summed E-state index contributed by atoms with van der Waals surface area (Å²) in [6.07, 6.45) is 1.60. The van der Waals surface area contributed by atoms with Crippen LogP contribution in [0.4, 0.5) is 0 Å². The molecule has 0 spiro atoms. The molecule has 0 radical (unpaired) electrons. The van der Waals surface area contributed by atoms with Crippen LogP contribution in [0.25, 0.3) is 0 Å². The number of benzene rings is 1. The maximum Gasteiger partial charge on any atom is 0.246 e. The molecule has 5 nitrogen and oxygen atoms in total. The van der Waals surface area contributed by atoms with Crippen LogP contribution in [0.3, 0.4) is 0 Å². The van der Waals surface area contributed by atoms with Gasteiger partial charge in [0.1, 0.15) is 10.6 Å². The van der Waals surface area contributed by atoms with Crippen LogP contribution in [0.1, 0.15) is 12.0 Å². The molecule has 1 aromatic rings. The molecule has 7 heteroatoms. The van der Waals surface area contributed by atoms with E-state index in [1.807, 2.05) is 14.1 Å². The van der Waals surface area contributed by atoms with Gasteiger partial charge < -0.3 is 9.64 Å². The first-order chi connectivity index (χ1) is 10.4. The molecule has 0 N–H and O–H groups in total. The average Bonchev–Trinajstić information content (AvgIpc) is 3.05. The second-order valence-corrected chi connectivity index (χ2v) is 8.61. The van der Waals surface area contributed by atoms with Gasteiger partial charge in [0.25, 0.3) is 0 Å². The standard InChI is InChI=1S/C15H21ClN2O3S/c1-17(2)9-11-3-5-18(10-11)22(19,20)14-8-13(16)7-12-4-6-21-15(12)14/h7-8,11H,3-6,9-10H2,1-2H3. The second kappa shape index (κ2) is 6.00. The van der Waals surface area contributed by atoms with Crippen LogP contribution in [0.2, 0.25) is 5.02 Å². The van der Waals surface area contributed by atoms with Crippen molar-refractivity contribution in [1.29, 1.82) is 0 Å². The number of hydrogen-bond donors (Lipinski definition) is 0. The Morgan fingerprint density at radius 2 is 2.18 bits per heavy atom. The van der Waals surface area contributed by atoms with Gasteiger partial charge in [0.15, 0.2) is 0 Å². The number of sulfonamides is 1. The van der Waals surface area contributed by atoms with Gasteiger partial charge in [-0.1, -0.05) is 11.6 Å². The Kier molecular flexibility index (Phi) is 4.38. The molecule has 0 aromatic heterocycles. The van der Waals surface area contributed by atoms with Crippen LogP contribution in [0.15, 0.2) is 17.0 Å². The molecule has 1 atom stereocenters. The van der Waals surface area contributed by atoms with Crippen LogP contribution in [0.5, 0.6) is 5.75 Å². The zero-order valence-electron chi connectivity index (χ0n) is 12.9. The van der Waals surface area contributed by atoms with Gasteiger partial charge in [-0.2, -0.15) is 4.31 Å². The summed E-state index contributed by atoms with van der Waals surface area (Å²) in [5.41, 5.74) is 0.884. The number of ether oxygens (including phenoxy) is 1. The maximum atomic E-state index is 13.0. The number of nitrogens with zero attached hydrogens (tertiary/aromatic N) is 2. The Balaban J connectivity index is 1.89. The van der Waals surface area contributed by atoms with E-state index in [0.29, 0.717) is 42.8 Å². The Bertz CT molecular complexity index is 676. The zero-order chi connectivity index (χ0) is 15.9. The fourth-order valence-electron chi connectivity index (χ4n) is 3.25. The highest BCUT2D eigenvalue weighted by Crippen LogP contribution is 2.38. The molecule has 1 fully saturated rings. The van der Waals surface area contributed by atoms with Gasteiger partial charge >= 0.3 is 0 Å². The molecule has 0 bridgehead atoms. The van der Waals surface area contributed by atoms with Crippen LogP contribution < -0.4 is 4.74 Å². The Morgan fingerprint density at radius 3 is 2.91 bits per heavy atom. The Labute approximate surface area is 136 Å². The lowest BCUT2D eigenvalue weighted by molar-refractivity contribution is 0.328. The van der Waals surface area contributed by atoms with Gasteiger partial charge in [0, 0.05) is 36.6 Å². The van der Waals surface area contributed by atoms with Crippen molar-refractivity contribution >= 4 is 21.6 Å². The number of halogens is 1. The Hall–Kier alpha value is -0.820. The summed E-state index contributed by atoms with van der Waals surface area (Å²) in [7, 11) is 0.468. The number of fused-ring (bicyclic) bond motifs is 1. The molecule has 1 saturated heterocycles. The molecule has 0 amide bonds. The maximum absolute atomic E-state index is 13.0. The van der Waals surface area contributed by atoms with E-state index in [1.165, 1.54) is 6.07 Å². The first-order valence-corrected chi connectivity index (χ1v) is 9.30. The highest BCUT2D eigenvalue weighted by Gasteiger charge is 2.36. The quantitative estimate of drug-likeness (QED) is 0.836. The number of hydrogen-bond acceptors (Lipinski definition) is 4. The average molecular weight is 345 g/mol. The highest BCUT2D eigenvalue weighted by atomic mass is 35.5. The molecule has 1 aromatic carbocycles. The molecule has 22 heavy (non-hydrogen) atoms. The SMILES string of the molecule is CN(C)CC1CCN(S(=O)(=O)c2cc(Cl)cc3c2OCC3)C1. The summed E-state index contributed by atoms with van der Waals surface area (Å²) >= 11 is 6.09. The van der Waals surface area contributed by atoms with E-state index in [0.717, 1.165) is 18.5 Å². The monoisotopic (exact) mass is 344 g/mol. The fraction of sp³-hybridized carbons (Fsp3) is 0.600. The molecule has 2 aliphatic heterocycles. The smallest absolute Gasteiger partial charge is 0.246 e. The van der Waals surface area contributed by atoms with Crippen molar-refractivity contribution in [2.45, 2.75) is 17.7 Å². The molecule has 3 rings (SSSR count). The lowest BCUT2D eigenvalue weighted by Crippen LogP contribution is -2.31. The van der Waals surface area contributed by atoms with Gasteiger partial charge in [-0.05, 0) is 38.6 Å². The van der Waals surface area contributed by atoms with Crippen molar-refractivity contribution in [3.05, 3.63) is 22.7 Å². The summed E-state index contributed by atoms with van der Waals surface area (Å²) in [6, 6.07) is 3.31. The molecule has 2 heterocycles. The van der Waals surface area contributed by atoms with Crippen molar-refractivity contribution in [2.75, 3.05) is 40.3 Å². The minimum atomic E-state index is -3.55. The van der Waals surface area contributed by atoms with Gasteiger partial charge in [-0.25, -0.2) is 8.42 Å². The summed E-state index contributed by atoms with van der Waals surface area (Å²) in [4.78, 5) is 2.32. The van der Waals surface area contributed by atoms with Crippen molar-refractivity contribution in [3.63, 3.8) is 0 Å². The van der Waals surface area contributed by atoms with Crippen molar-refractivity contribution in [1.82, 2.24) is 9.21 Å². The zero-order valence-corrected chi connectivity index (χ0v) is 14.5. The van der Waals surface area contributed by atoms with E-state index >= 15 is 0 Å². The topological polar surface area (TPSA) is 49.9 Å². The predicted molar refractivity (Wildman–Crippen MR) is 86.1 cm³/mol. The van der Waals surface area contributed by atoms with Gasteiger partial charge in [0.05, 0.1) is 6.61 Å². The number of rotatable bonds is 4. The van der Waals surface area contributed by atoms with Crippen LogP contribution in [0, 0.1) is 5.92 Å². The highest BCUT2D eigenvalue weighted by molar-refractivity contribution is 7.89. The van der Waals surface area contributed by atoms with E-state index < -0.39 is 10.0 Å². The summed E-state index contributed by atoms with van der Waals surface area (Å²) in [6.45, 7) is 2.53. The predicted octanol–water partition coefficient (Wildman–Crippen LogP) is 1.85. The third kappa shape index (κ3) is 2.97. The van der Waals surface area contributed by atoms with Crippen molar-refractivity contribution < 1.29 is 13.2 Å². The summed E-state index contributed by atoms with van der Waals surface area (Å²) in [5, 5.41) is 0.451. The van der Waals surface area contributed by atoms with Crippen LogP contribution >= 0.6 is 11.6 Å². The molecule has 0 saturated carbocycles. The molecule has 122 valence electrons. The molecular formula is C15H21ClN2O3S. The third-order valence-electron chi connectivity index (χ3n) is 4.20. The van der Waals surface area contributed by atoms with Crippen molar-refractivity contribution in [3.8, 4) is 5.75 Å². The van der Waals surface area contributed by atoms with E-state index in [2.05, 4.69) is 4.90 Å². The Morgan fingerprint density at radius 1 is 1.41 bits per heavy atom. The lowest BCUT2D eigenvalue weighted by atomic mass is 10.1. The van der Waals surface area contributed by atoms with Crippen molar-refractivity contribution in [2.24, 2.45) is 5.92 Å². The van der Waals surface area contributed by atoms with E-state index in [1.54, 1.807) is 10.4 Å². The fourth-order valence-corrected chi connectivity index (χ4v) is 5.28. The van der Waals surface area contributed by atoms with Gasteiger partial charge in [-0.3, -0.25) is 0 Å². The molecular weight excluding hydrogens is 324 g/mol. The first kappa shape index (κ1) is 16.1. The molecule has 0 aliphatic carbocycles. The lowest BCUT2D eigenvalue weighted by Gasteiger charge is -2.19. The summed E-state index contributed by atoms with van der Waals surface area (Å²) in [5.74, 6) is 0.860. The molecule has 2 aliphatic rings. The van der Waals surface area contributed by atoms with Gasteiger partial charge in [-0.15, -0.1) is 0 Å². The van der Waals surface area contributed by atoms with E-state index in [4.69, 9.17) is 16.3 Å². The summed E-state index contributed by atoms with van der Waals surface area (Å²) < 4.78 is 33.0. The second-order valence-electron chi connectivity index (χ2n) is 6.27. The van der Waals surface area contributed by atoms with Crippen LogP contribution in [-0.4, -0.2) is 58.0 Å². The minimum absolute atomic E-state index is 0.220. The van der Waals surface area contributed by atoms with Gasteiger partial charge in [0.2, 0.25) is 10.0 Å². The minimum Gasteiger partial charge on any atom is -0.492 e. The third-order valence-corrected chi connectivity index (χ3v) is 6.29. The first-order valence-electron chi connectivity index (χ1n) is 7.48. The normalized spacial score (nSPS) is 22.1. The largest absolute Gasteiger partial charge is 0.492 e. The molecule has 1 unspecified atom stereocenters. The van der Waals surface area contributed by atoms with Crippen LogP contribution in [-0.2, 0) is 16.4 Å². The van der Waals surface area contributed by atoms with E-state index in [9.17, 15) is 8.42 Å². The van der Waals surface area contributed by atoms with E-state index in [-0.39, 0.29) is 4.90 Å².